The lowest BCUT2D eigenvalue weighted by molar-refractivity contribution is 0.0696. The average molecular weight is 424 g/mol. The Morgan fingerprint density at radius 1 is 1.06 bits per heavy atom. The molecule has 3 N–H and O–H groups in total. The number of ether oxygens (including phenoxy) is 3. The van der Waals surface area contributed by atoms with Crippen molar-refractivity contribution in [2.24, 2.45) is 0 Å². The largest absolute Gasteiger partial charge is 0.504 e. The summed E-state index contributed by atoms with van der Waals surface area (Å²) in [7, 11) is 0. The zero-order valence-electron chi connectivity index (χ0n) is 18.1. The van der Waals surface area contributed by atoms with Gasteiger partial charge >= 0.3 is 0 Å². The molecule has 31 heavy (non-hydrogen) atoms. The molecule has 1 aromatic heterocycles. The summed E-state index contributed by atoms with van der Waals surface area (Å²) in [6.07, 6.45) is 1.18. The molecule has 3 aromatic rings. The van der Waals surface area contributed by atoms with Gasteiger partial charge in [0.15, 0.2) is 24.5 Å². The fourth-order valence-corrected chi connectivity index (χ4v) is 2.97. The van der Waals surface area contributed by atoms with E-state index < -0.39 is 6.23 Å². The predicted molar refractivity (Wildman–Crippen MR) is 122 cm³/mol. The third kappa shape index (κ3) is 6.79. The molecule has 0 fully saturated rings. The summed E-state index contributed by atoms with van der Waals surface area (Å²) in [5.74, 6) is 1.84. The number of aromatic hydroxyl groups is 1. The van der Waals surface area contributed by atoms with Crippen LogP contribution in [0.1, 0.15) is 18.1 Å². The van der Waals surface area contributed by atoms with E-state index in [1.807, 2.05) is 63.2 Å². The van der Waals surface area contributed by atoms with E-state index in [9.17, 15) is 5.11 Å². The number of nitrogens with one attached hydrogen (secondary N) is 2. The number of hydrogen-bond donors (Lipinski definition) is 3. The first kappa shape index (κ1) is 22.2. The minimum Gasteiger partial charge on any atom is -0.504 e. The standard InChI is InChI=1S/C24H29N3O4/c1-4-29-15-23(31-22-11-10-17(2)12-18(22)3)27-19-13-21(28)24(25-14-19)26-16-30-20-8-6-5-7-9-20/h5-14,23,27-28H,4,15-16H2,1-3H3,(H,25,26). The Hall–Kier alpha value is -3.45. The van der Waals surface area contributed by atoms with Crippen LogP contribution < -0.4 is 20.1 Å². The molecule has 7 nitrogen and oxygen atoms in total. The van der Waals surface area contributed by atoms with E-state index in [2.05, 4.69) is 21.7 Å². The Labute approximate surface area is 183 Å². The van der Waals surface area contributed by atoms with Crippen molar-refractivity contribution >= 4 is 11.5 Å². The van der Waals surface area contributed by atoms with Crippen molar-refractivity contribution in [3.8, 4) is 17.2 Å². The Morgan fingerprint density at radius 3 is 2.58 bits per heavy atom. The number of anilines is 2. The molecule has 0 aliphatic rings. The Kier molecular flexibility index (Phi) is 7.95. The SMILES string of the molecule is CCOCC(Nc1cnc(NCOc2ccccc2)c(O)c1)Oc1ccc(C)cc1C. The number of para-hydroxylation sites is 1. The van der Waals surface area contributed by atoms with Gasteiger partial charge < -0.3 is 30.0 Å². The number of aryl methyl sites for hydroxylation is 2. The molecule has 0 aliphatic heterocycles. The molecular formula is C24H29N3O4. The lowest BCUT2D eigenvalue weighted by Gasteiger charge is -2.22. The van der Waals surface area contributed by atoms with Gasteiger partial charge in [0, 0.05) is 12.7 Å². The van der Waals surface area contributed by atoms with Crippen molar-refractivity contribution in [2.45, 2.75) is 27.0 Å². The quantitative estimate of drug-likeness (QED) is 0.385. The fraction of sp³-hybridized carbons (Fsp3) is 0.292. The molecule has 2 aromatic carbocycles. The zero-order chi connectivity index (χ0) is 22.1. The van der Waals surface area contributed by atoms with Crippen molar-refractivity contribution in [2.75, 3.05) is 30.6 Å². The molecular weight excluding hydrogens is 394 g/mol. The molecule has 0 aliphatic carbocycles. The summed E-state index contributed by atoms with van der Waals surface area (Å²) in [4.78, 5) is 4.28. The van der Waals surface area contributed by atoms with E-state index >= 15 is 0 Å². The van der Waals surface area contributed by atoms with Crippen LogP contribution in [0, 0.1) is 13.8 Å². The number of aromatic nitrogens is 1. The highest BCUT2D eigenvalue weighted by atomic mass is 16.5. The van der Waals surface area contributed by atoms with E-state index in [0.717, 1.165) is 17.1 Å². The van der Waals surface area contributed by atoms with Crippen LogP contribution in [-0.2, 0) is 4.74 Å². The van der Waals surface area contributed by atoms with Crippen molar-refractivity contribution in [3.05, 3.63) is 71.9 Å². The monoisotopic (exact) mass is 423 g/mol. The van der Waals surface area contributed by atoms with Crippen LogP contribution in [0.25, 0.3) is 0 Å². The van der Waals surface area contributed by atoms with Crippen molar-refractivity contribution < 1.29 is 19.3 Å². The Bertz CT molecular complexity index is 966. The molecule has 164 valence electrons. The van der Waals surface area contributed by atoms with Crippen LogP contribution in [0.15, 0.2) is 60.8 Å². The number of nitrogens with zero attached hydrogens (tertiary/aromatic N) is 1. The zero-order valence-corrected chi connectivity index (χ0v) is 18.1. The molecule has 1 unspecified atom stereocenters. The van der Waals surface area contributed by atoms with Gasteiger partial charge in [0.05, 0.1) is 11.9 Å². The summed E-state index contributed by atoms with van der Waals surface area (Å²) in [5.41, 5.74) is 2.83. The summed E-state index contributed by atoms with van der Waals surface area (Å²) < 4.78 is 17.2. The van der Waals surface area contributed by atoms with Gasteiger partial charge in [0.25, 0.3) is 0 Å². The third-order valence-electron chi connectivity index (χ3n) is 4.49. The fourth-order valence-electron chi connectivity index (χ4n) is 2.97. The van der Waals surface area contributed by atoms with Gasteiger partial charge in [-0.1, -0.05) is 35.9 Å². The maximum Gasteiger partial charge on any atom is 0.193 e. The highest BCUT2D eigenvalue weighted by molar-refractivity contribution is 5.57. The molecule has 7 heteroatoms. The molecule has 0 spiro atoms. The van der Waals surface area contributed by atoms with Crippen molar-refractivity contribution in [1.29, 1.82) is 0 Å². The van der Waals surface area contributed by atoms with E-state index in [1.165, 1.54) is 5.56 Å². The summed E-state index contributed by atoms with van der Waals surface area (Å²) in [5, 5.41) is 16.5. The molecule has 0 radical (unpaired) electrons. The first-order valence-corrected chi connectivity index (χ1v) is 10.2. The lowest BCUT2D eigenvalue weighted by atomic mass is 10.1. The average Bonchev–Trinajstić information content (AvgIpc) is 2.76. The van der Waals surface area contributed by atoms with Gasteiger partial charge in [-0.25, -0.2) is 4.98 Å². The highest BCUT2D eigenvalue weighted by Crippen LogP contribution is 2.25. The van der Waals surface area contributed by atoms with E-state index in [0.29, 0.717) is 24.7 Å². The van der Waals surface area contributed by atoms with Gasteiger partial charge in [0.2, 0.25) is 0 Å². The highest BCUT2D eigenvalue weighted by Gasteiger charge is 2.14. The number of rotatable bonds is 11. The number of pyridine rings is 1. The minimum atomic E-state index is -0.442. The molecule has 0 amide bonds. The maximum atomic E-state index is 10.3. The maximum absolute atomic E-state index is 10.3. The molecule has 1 atom stereocenters. The Balaban J connectivity index is 1.61. The van der Waals surface area contributed by atoms with Gasteiger partial charge in [0.1, 0.15) is 18.1 Å². The molecule has 0 bridgehead atoms. The minimum absolute atomic E-state index is 0.00309. The number of benzene rings is 2. The van der Waals surface area contributed by atoms with Crippen LogP contribution in [0.2, 0.25) is 0 Å². The lowest BCUT2D eigenvalue weighted by Crippen LogP contribution is -2.32. The summed E-state index contributed by atoms with van der Waals surface area (Å²) in [6.45, 7) is 7.07. The summed E-state index contributed by atoms with van der Waals surface area (Å²) >= 11 is 0. The van der Waals surface area contributed by atoms with Crippen molar-refractivity contribution in [3.63, 3.8) is 0 Å². The molecule has 3 rings (SSSR count). The second-order valence-corrected chi connectivity index (χ2v) is 7.05. The molecule has 1 heterocycles. The second-order valence-electron chi connectivity index (χ2n) is 7.05. The van der Waals surface area contributed by atoms with Crippen LogP contribution in [-0.4, -0.2) is 36.3 Å². The van der Waals surface area contributed by atoms with Gasteiger partial charge in [-0.15, -0.1) is 0 Å². The number of hydrogen-bond acceptors (Lipinski definition) is 7. The Morgan fingerprint density at radius 2 is 1.87 bits per heavy atom. The van der Waals surface area contributed by atoms with Crippen molar-refractivity contribution in [1.82, 2.24) is 4.98 Å². The van der Waals surface area contributed by atoms with E-state index in [-0.39, 0.29) is 12.5 Å². The molecule has 0 saturated carbocycles. The topological polar surface area (TPSA) is 84.9 Å². The van der Waals surface area contributed by atoms with Gasteiger partial charge in [-0.05, 0) is 44.5 Å². The van der Waals surface area contributed by atoms with Gasteiger partial charge in [-0.2, -0.15) is 0 Å². The first-order chi connectivity index (χ1) is 15.0. The normalized spacial score (nSPS) is 11.6. The van der Waals surface area contributed by atoms with E-state index in [1.54, 1.807) is 12.3 Å². The van der Waals surface area contributed by atoms with Crippen LogP contribution in [0.5, 0.6) is 17.2 Å². The van der Waals surface area contributed by atoms with Crippen LogP contribution >= 0.6 is 0 Å². The van der Waals surface area contributed by atoms with Gasteiger partial charge in [-0.3, -0.25) is 0 Å². The van der Waals surface area contributed by atoms with E-state index in [4.69, 9.17) is 14.2 Å². The first-order valence-electron chi connectivity index (χ1n) is 10.2. The molecule has 0 saturated heterocycles. The smallest absolute Gasteiger partial charge is 0.193 e. The van der Waals surface area contributed by atoms with Crippen LogP contribution in [0.3, 0.4) is 0 Å². The summed E-state index contributed by atoms with van der Waals surface area (Å²) in [6, 6.07) is 17.0. The third-order valence-corrected chi connectivity index (χ3v) is 4.49. The predicted octanol–water partition coefficient (Wildman–Crippen LogP) is 4.71. The van der Waals surface area contributed by atoms with Crippen LogP contribution in [0.4, 0.5) is 11.5 Å². The second kappa shape index (κ2) is 11.1.